The molecule has 58 heavy (non-hydrogen) atoms. The van der Waals surface area contributed by atoms with Crippen LogP contribution in [0, 0.1) is 22.7 Å². The summed E-state index contributed by atoms with van der Waals surface area (Å²) >= 11 is 0. The minimum absolute atomic E-state index is 0.242. The summed E-state index contributed by atoms with van der Waals surface area (Å²) in [4.78, 5) is 0. The van der Waals surface area contributed by atoms with E-state index in [4.69, 9.17) is 0 Å². The third-order valence-electron chi connectivity index (χ3n) is 12.3. The number of hydrogen-bond donors (Lipinski definition) is 0. The van der Waals surface area contributed by atoms with E-state index in [1.165, 1.54) is 4.57 Å². The maximum Gasteiger partial charge on any atom is 0.281 e. The van der Waals surface area contributed by atoms with Crippen molar-refractivity contribution in [3.05, 3.63) is 179 Å². The van der Waals surface area contributed by atoms with Gasteiger partial charge in [-0.25, -0.2) is 17.6 Å². The fourth-order valence-electron chi connectivity index (χ4n) is 9.83. The number of aromatic nitrogens is 1. The second-order valence-corrected chi connectivity index (χ2v) is 15.8. The molecular formula is C50H32BF4N3. The molecule has 0 fully saturated rings. The van der Waals surface area contributed by atoms with E-state index in [1.54, 1.807) is 24.3 Å². The van der Waals surface area contributed by atoms with Crippen molar-refractivity contribution in [1.29, 1.82) is 10.5 Å². The van der Waals surface area contributed by atoms with Gasteiger partial charge in [-0.2, -0.15) is 10.5 Å². The lowest BCUT2D eigenvalue weighted by molar-refractivity contribution is -0.0921. The molecule has 0 amide bonds. The Morgan fingerprint density at radius 1 is 0.534 bits per heavy atom. The molecule has 2 aliphatic rings. The minimum atomic E-state index is -4.06. The van der Waals surface area contributed by atoms with Crippen LogP contribution in [-0.2, 0) is 17.3 Å². The Morgan fingerprint density at radius 3 is 1.47 bits per heavy atom. The number of hydrogen-bond acceptors (Lipinski definition) is 2. The maximum absolute atomic E-state index is 17.0. The summed E-state index contributed by atoms with van der Waals surface area (Å²) in [5.41, 5.74) is 3.71. The zero-order valence-electron chi connectivity index (χ0n) is 31.5. The average molecular weight is 762 g/mol. The number of benzene rings is 7. The average Bonchev–Trinajstić information content (AvgIpc) is 3.66. The predicted molar refractivity (Wildman–Crippen MR) is 223 cm³/mol. The van der Waals surface area contributed by atoms with Crippen molar-refractivity contribution in [3.63, 3.8) is 0 Å². The van der Waals surface area contributed by atoms with Gasteiger partial charge in [-0.1, -0.05) is 146 Å². The summed E-state index contributed by atoms with van der Waals surface area (Å²) in [5, 5.41) is 23.6. The Balaban J connectivity index is 1.36. The molecule has 278 valence electrons. The van der Waals surface area contributed by atoms with E-state index in [9.17, 15) is 10.5 Å². The van der Waals surface area contributed by atoms with E-state index in [-0.39, 0.29) is 16.6 Å². The number of halogens is 4. The van der Waals surface area contributed by atoms with Gasteiger partial charge in [0.05, 0.1) is 39.8 Å². The molecule has 0 saturated heterocycles. The van der Waals surface area contributed by atoms with E-state index in [2.05, 4.69) is 12.1 Å². The Bertz CT molecular complexity index is 2950. The second-order valence-electron chi connectivity index (χ2n) is 15.8. The lowest BCUT2D eigenvalue weighted by Crippen LogP contribution is -2.62. The molecule has 0 saturated carbocycles. The van der Waals surface area contributed by atoms with Gasteiger partial charge in [-0.05, 0) is 63.1 Å². The maximum atomic E-state index is 17.0. The fourth-order valence-corrected chi connectivity index (χ4v) is 9.83. The van der Waals surface area contributed by atoms with Gasteiger partial charge in [-0.15, -0.1) is 0 Å². The SMILES string of the molecule is CC1(C)c2ccccc2B(c2c(C#N)c(C#N)c(-n3c4ccc(-c5ccccc5)cc4c4cc(-c5ccccc5)ccc43)c3c2C(F)(F)CC3(F)F)c2ccccc21. The van der Waals surface area contributed by atoms with Crippen molar-refractivity contribution in [3.8, 4) is 40.1 Å². The van der Waals surface area contributed by atoms with E-state index in [0.29, 0.717) is 32.7 Å². The molecule has 2 heterocycles. The van der Waals surface area contributed by atoms with Crippen LogP contribution in [0.2, 0.25) is 0 Å². The van der Waals surface area contributed by atoms with Gasteiger partial charge in [-0.3, -0.25) is 0 Å². The van der Waals surface area contributed by atoms with Crippen LogP contribution in [0.1, 0.15) is 53.6 Å². The molecule has 8 heteroatoms. The first-order valence-corrected chi connectivity index (χ1v) is 19.1. The summed E-state index contributed by atoms with van der Waals surface area (Å²) in [7, 11) is 0. The van der Waals surface area contributed by atoms with Gasteiger partial charge in [0, 0.05) is 21.8 Å². The van der Waals surface area contributed by atoms with Gasteiger partial charge in [0.2, 0.25) is 6.71 Å². The molecular weight excluding hydrogens is 729 g/mol. The Labute approximate surface area is 333 Å². The van der Waals surface area contributed by atoms with Crippen molar-refractivity contribution in [2.45, 2.75) is 37.5 Å². The van der Waals surface area contributed by atoms with Gasteiger partial charge in [0.1, 0.15) is 12.1 Å². The van der Waals surface area contributed by atoms with Crippen LogP contribution in [-0.4, -0.2) is 11.3 Å². The van der Waals surface area contributed by atoms with E-state index in [0.717, 1.165) is 33.4 Å². The first-order chi connectivity index (χ1) is 28.0. The molecule has 0 unspecified atom stereocenters. The number of alkyl halides is 4. The lowest BCUT2D eigenvalue weighted by atomic mass is 9.30. The number of nitriles is 2. The molecule has 1 aromatic heterocycles. The van der Waals surface area contributed by atoms with E-state index in [1.807, 2.05) is 135 Å². The lowest BCUT2D eigenvalue weighted by Gasteiger charge is -2.39. The third-order valence-corrected chi connectivity index (χ3v) is 12.3. The molecule has 3 nitrogen and oxygen atoms in total. The number of nitrogens with zero attached hydrogens (tertiary/aromatic N) is 3. The molecule has 0 atom stereocenters. The summed E-state index contributed by atoms with van der Waals surface area (Å²) in [6.45, 7) is 3.06. The monoisotopic (exact) mass is 761 g/mol. The fraction of sp³-hybridized carbons (Fsp3) is 0.120. The zero-order valence-corrected chi connectivity index (χ0v) is 31.5. The highest BCUT2D eigenvalue weighted by Crippen LogP contribution is 2.57. The van der Waals surface area contributed by atoms with Crippen LogP contribution in [0.5, 0.6) is 0 Å². The number of fused-ring (bicyclic) bond motifs is 6. The van der Waals surface area contributed by atoms with Crippen LogP contribution in [0.3, 0.4) is 0 Å². The van der Waals surface area contributed by atoms with Crippen molar-refractivity contribution < 1.29 is 17.6 Å². The van der Waals surface area contributed by atoms with Crippen LogP contribution in [0.25, 0.3) is 49.7 Å². The minimum Gasteiger partial charge on any atom is -0.307 e. The Morgan fingerprint density at radius 2 is 0.983 bits per heavy atom. The van der Waals surface area contributed by atoms with E-state index < -0.39 is 47.2 Å². The molecule has 0 spiro atoms. The normalized spacial score (nSPS) is 15.7. The summed E-state index contributed by atoms with van der Waals surface area (Å²) in [6, 6.07) is 49.7. The predicted octanol–water partition coefficient (Wildman–Crippen LogP) is 10.6. The Hall–Kier alpha value is -6.90. The van der Waals surface area contributed by atoms with Gasteiger partial charge in [0.25, 0.3) is 11.8 Å². The van der Waals surface area contributed by atoms with Gasteiger partial charge >= 0.3 is 0 Å². The van der Waals surface area contributed by atoms with Crippen LogP contribution >= 0.6 is 0 Å². The summed E-state index contributed by atoms with van der Waals surface area (Å²) in [6.07, 6.45) is -1.79. The molecule has 0 radical (unpaired) electrons. The molecule has 0 N–H and O–H groups in total. The van der Waals surface area contributed by atoms with Gasteiger partial charge in [0.15, 0.2) is 0 Å². The summed E-state index contributed by atoms with van der Waals surface area (Å²) in [5.74, 6) is -8.11. The molecule has 10 rings (SSSR count). The molecule has 0 bridgehead atoms. The smallest absolute Gasteiger partial charge is 0.281 e. The first kappa shape index (κ1) is 35.5. The van der Waals surface area contributed by atoms with Crippen molar-refractivity contribution in [2.75, 3.05) is 0 Å². The van der Waals surface area contributed by atoms with Crippen LogP contribution in [0.15, 0.2) is 146 Å². The highest BCUT2D eigenvalue weighted by molar-refractivity contribution is 6.97. The Kier molecular flexibility index (Phi) is 7.69. The quantitative estimate of drug-likeness (QED) is 0.132. The molecule has 1 aliphatic carbocycles. The van der Waals surface area contributed by atoms with Crippen molar-refractivity contribution in [1.82, 2.24) is 4.57 Å². The largest absolute Gasteiger partial charge is 0.307 e. The topological polar surface area (TPSA) is 52.5 Å². The van der Waals surface area contributed by atoms with Crippen molar-refractivity contribution in [2.24, 2.45) is 0 Å². The number of rotatable bonds is 4. The standard InChI is InChI=1S/C50H32BF4N3/c1-48(2)38-17-9-11-19-40(38)51(41-20-12-10-18-39(41)48)46-36(27-56)37(28-57)47(45-44(46)49(52,53)29-50(45,54)55)58-42-23-21-32(30-13-5-3-6-14-30)25-34(42)35-26-33(22-24-43(35)58)31-15-7-4-8-16-31/h3-26H,29H2,1-2H3. The summed E-state index contributed by atoms with van der Waals surface area (Å²) < 4.78 is 69.4. The molecule has 8 aromatic rings. The third kappa shape index (κ3) is 4.98. The van der Waals surface area contributed by atoms with Crippen LogP contribution in [0.4, 0.5) is 17.6 Å². The molecule has 7 aromatic carbocycles. The van der Waals surface area contributed by atoms with Gasteiger partial charge < -0.3 is 4.57 Å². The first-order valence-electron chi connectivity index (χ1n) is 19.1. The zero-order chi connectivity index (χ0) is 40.1. The highest BCUT2D eigenvalue weighted by Gasteiger charge is 2.61. The molecule has 1 aliphatic heterocycles. The second kappa shape index (κ2) is 12.6. The van der Waals surface area contributed by atoms with Crippen molar-refractivity contribution >= 4 is 44.9 Å². The van der Waals surface area contributed by atoms with Crippen LogP contribution < -0.4 is 16.4 Å². The van der Waals surface area contributed by atoms with E-state index >= 15 is 17.6 Å². The highest BCUT2D eigenvalue weighted by atomic mass is 19.3.